The van der Waals surface area contributed by atoms with Crippen LogP contribution in [0.2, 0.25) is 0 Å². The first-order valence-electron chi connectivity index (χ1n) is 10.4. The van der Waals surface area contributed by atoms with Crippen LogP contribution in [0.5, 0.6) is 11.5 Å². The molecule has 1 heterocycles. The molecule has 0 spiro atoms. The Balaban J connectivity index is 2.03. The number of ether oxygens (including phenoxy) is 4. The number of nitro benzene ring substituents is 1. The van der Waals surface area contributed by atoms with E-state index in [1.165, 1.54) is 24.3 Å². The van der Waals surface area contributed by atoms with E-state index in [0.29, 0.717) is 0 Å². The van der Waals surface area contributed by atoms with Crippen molar-refractivity contribution in [2.45, 2.75) is 20.5 Å². The molecule has 0 unspecified atom stereocenters. The number of non-ortho nitro benzene ring substituents is 1. The van der Waals surface area contributed by atoms with Crippen LogP contribution in [0, 0.1) is 24.0 Å². The lowest BCUT2D eigenvalue weighted by molar-refractivity contribution is -0.384. The van der Waals surface area contributed by atoms with Crippen LogP contribution in [0.15, 0.2) is 54.6 Å². The van der Waals surface area contributed by atoms with Crippen molar-refractivity contribution in [3.05, 3.63) is 81.7 Å². The molecule has 0 aliphatic rings. The van der Waals surface area contributed by atoms with Crippen molar-refractivity contribution < 1.29 is 38.6 Å². The monoisotopic (exact) mass is 482 g/mol. The van der Waals surface area contributed by atoms with E-state index in [0.717, 1.165) is 5.56 Å². The molecule has 0 atom stereocenters. The number of pyridine rings is 1. The minimum atomic E-state index is -1.14. The topological polar surface area (TPSA) is 147 Å². The molecule has 3 aromatic rings. The highest BCUT2D eigenvalue weighted by molar-refractivity contribution is 5.84. The molecule has 3 rings (SSSR count). The van der Waals surface area contributed by atoms with Gasteiger partial charge in [-0.2, -0.15) is 0 Å². The van der Waals surface area contributed by atoms with Gasteiger partial charge in [0.05, 0.1) is 28.5 Å². The van der Waals surface area contributed by atoms with E-state index in [1.807, 2.05) is 6.07 Å². The van der Waals surface area contributed by atoms with Crippen LogP contribution in [-0.4, -0.2) is 40.5 Å². The number of aryl methyl sites for hydroxylation is 2. The SMILES string of the molecule is Cc1nc(C)c(OC(=O)OCc2ccccc2)c(-c2cccc([N+](=O)[O-])c2)c1OC(=O)OCCO. The number of hydrogen-bond acceptors (Lipinski definition) is 10. The lowest BCUT2D eigenvalue weighted by atomic mass is 10.0. The number of nitro groups is 1. The lowest BCUT2D eigenvalue weighted by Crippen LogP contribution is -2.17. The van der Waals surface area contributed by atoms with E-state index in [4.69, 9.17) is 24.1 Å². The summed E-state index contributed by atoms with van der Waals surface area (Å²) in [6.45, 7) is 2.32. The Morgan fingerprint density at radius 2 is 1.57 bits per heavy atom. The number of aliphatic hydroxyl groups is 1. The zero-order valence-corrected chi connectivity index (χ0v) is 18.9. The highest BCUT2D eigenvalue weighted by Crippen LogP contribution is 2.43. The van der Waals surface area contributed by atoms with Crippen LogP contribution >= 0.6 is 0 Å². The average molecular weight is 482 g/mol. The molecule has 0 saturated heterocycles. The number of benzene rings is 2. The molecule has 0 aliphatic carbocycles. The zero-order chi connectivity index (χ0) is 25.4. The van der Waals surface area contributed by atoms with Crippen molar-refractivity contribution in [3.8, 4) is 22.6 Å². The van der Waals surface area contributed by atoms with Gasteiger partial charge in [0.1, 0.15) is 13.2 Å². The summed E-state index contributed by atoms with van der Waals surface area (Å²) in [6.07, 6.45) is -2.19. The first-order chi connectivity index (χ1) is 16.8. The van der Waals surface area contributed by atoms with E-state index in [1.54, 1.807) is 38.1 Å². The van der Waals surface area contributed by atoms with Crippen LogP contribution in [0.25, 0.3) is 11.1 Å². The van der Waals surface area contributed by atoms with Crippen LogP contribution in [0.3, 0.4) is 0 Å². The van der Waals surface area contributed by atoms with E-state index in [2.05, 4.69) is 4.98 Å². The van der Waals surface area contributed by atoms with Gasteiger partial charge in [-0.05, 0) is 25.0 Å². The molecule has 182 valence electrons. The molecule has 0 fully saturated rings. The maximum Gasteiger partial charge on any atom is 0.514 e. The maximum absolute atomic E-state index is 12.5. The molecule has 1 N–H and O–H groups in total. The largest absolute Gasteiger partial charge is 0.514 e. The van der Waals surface area contributed by atoms with Gasteiger partial charge in [-0.1, -0.05) is 42.5 Å². The van der Waals surface area contributed by atoms with Gasteiger partial charge in [-0.3, -0.25) is 15.1 Å². The Morgan fingerprint density at radius 1 is 0.943 bits per heavy atom. The fourth-order valence-corrected chi connectivity index (χ4v) is 3.18. The third-order valence-corrected chi connectivity index (χ3v) is 4.67. The summed E-state index contributed by atoms with van der Waals surface area (Å²) in [5.41, 5.74) is 1.27. The van der Waals surface area contributed by atoms with E-state index < -0.39 is 23.8 Å². The van der Waals surface area contributed by atoms with Gasteiger partial charge < -0.3 is 24.1 Å². The standard InChI is InChI=1S/C24H22N2O9/c1-15-21(34-23(28)32-12-11-27)20(18-9-6-10-19(13-18)26(30)31)22(16(2)25-15)35-24(29)33-14-17-7-4-3-5-8-17/h3-10,13,27H,11-12,14H2,1-2H3. The number of nitrogens with zero attached hydrogens (tertiary/aromatic N) is 2. The second-order valence-electron chi connectivity index (χ2n) is 7.17. The van der Waals surface area contributed by atoms with Crippen LogP contribution in [-0.2, 0) is 16.1 Å². The molecule has 0 saturated carbocycles. The molecule has 1 aromatic heterocycles. The first kappa shape index (κ1) is 25.1. The minimum Gasteiger partial charge on any atom is -0.432 e. The van der Waals surface area contributed by atoms with Crippen LogP contribution in [0.1, 0.15) is 17.0 Å². The molecule has 0 radical (unpaired) electrons. The summed E-state index contributed by atoms with van der Waals surface area (Å²) in [4.78, 5) is 39.7. The van der Waals surface area contributed by atoms with Crippen molar-refractivity contribution >= 4 is 18.0 Å². The molecule has 0 aliphatic heterocycles. The predicted octanol–water partition coefficient (Wildman–Crippen LogP) is 4.50. The third kappa shape index (κ3) is 6.51. The lowest BCUT2D eigenvalue weighted by Gasteiger charge is -2.18. The van der Waals surface area contributed by atoms with Crippen molar-refractivity contribution in [1.29, 1.82) is 0 Å². The van der Waals surface area contributed by atoms with Gasteiger partial charge in [-0.15, -0.1) is 0 Å². The quantitative estimate of drug-likeness (QED) is 0.276. The van der Waals surface area contributed by atoms with Gasteiger partial charge in [0.2, 0.25) is 0 Å². The van der Waals surface area contributed by atoms with Crippen LogP contribution < -0.4 is 9.47 Å². The highest BCUT2D eigenvalue weighted by atomic mass is 16.7. The number of aliphatic hydroxyl groups excluding tert-OH is 1. The highest BCUT2D eigenvalue weighted by Gasteiger charge is 2.26. The molecule has 0 amide bonds. The van der Waals surface area contributed by atoms with Gasteiger partial charge in [0.15, 0.2) is 11.5 Å². The van der Waals surface area contributed by atoms with Crippen LogP contribution in [0.4, 0.5) is 15.3 Å². The zero-order valence-electron chi connectivity index (χ0n) is 18.9. The summed E-state index contributed by atoms with van der Waals surface area (Å²) < 4.78 is 20.7. The number of aromatic nitrogens is 1. The normalized spacial score (nSPS) is 10.4. The molecule has 35 heavy (non-hydrogen) atoms. The maximum atomic E-state index is 12.5. The second kappa shape index (κ2) is 11.6. The summed E-state index contributed by atoms with van der Waals surface area (Å²) in [7, 11) is 0. The average Bonchev–Trinajstić information content (AvgIpc) is 2.85. The third-order valence-electron chi connectivity index (χ3n) is 4.67. The van der Waals surface area contributed by atoms with E-state index >= 15 is 0 Å². The number of carbonyl (C=O) groups is 2. The number of rotatable bonds is 8. The molecular formula is C24H22N2O9. The summed E-state index contributed by atoms with van der Waals surface area (Å²) in [5.74, 6) is -0.246. The van der Waals surface area contributed by atoms with Gasteiger partial charge in [0, 0.05) is 12.1 Å². The van der Waals surface area contributed by atoms with Crippen molar-refractivity contribution in [2.75, 3.05) is 13.2 Å². The Labute approximate surface area is 200 Å². The molecule has 11 nitrogen and oxygen atoms in total. The Kier molecular flexibility index (Phi) is 8.30. The first-order valence-corrected chi connectivity index (χ1v) is 10.4. The second-order valence-corrected chi connectivity index (χ2v) is 7.17. The molecular weight excluding hydrogens is 460 g/mol. The van der Waals surface area contributed by atoms with E-state index in [9.17, 15) is 19.7 Å². The molecule has 0 bridgehead atoms. The Bertz CT molecular complexity index is 1230. The predicted molar refractivity (Wildman–Crippen MR) is 122 cm³/mol. The Morgan fingerprint density at radius 3 is 2.17 bits per heavy atom. The summed E-state index contributed by atoms with van der Waals surface area (Å²) in [5, 5.41) is 20.2. The van der Waals surface area contributed by atoms with Gasteiger partial charge >= 0.3 is 12.3 Å². The smallest absolute Gasteiger partial charge is 0.432 e. The van der Waals surface area contributed by atoms with Gasteiger partial charge in [0.25, 0.3) is 5.69 Å². The fraction of sp³-hybridized carbons (Fsp3) is 0.208. The van der Waals surface area contributed by atoms with Crippen molar-refractivity contribution in [3.63, 3.8) is 0 Å². The minimum absolute atomic E-state index is 0.0546. The summed E-state index contributed by atoms with van der Waals surface area (Å²) in [6, 6.07) is 14.4. The summed E-state index contributed by atoms with van der Waals surface area (Å²) >= 11 is 0. The van der Waals surface area contributed by atoms with Crippen molar-refractivity contribution in [1.82, 2.24) is 4.98 Å². The fourth-order valence-electron chi connectivity index (χ4n) is 3.18. The number of carbonyl (C=O) groups excluding carboxylic acids is 2. The molecule has 11 heteroatoms. The molecule has 2 aromatic carbocycles. The van der Waals surface area contributed by atoms with Crippen molar-refractivity contribution in [2.24, 2.45) is 0 Å². The number of hydrogen-bond donors (Lipinski definition) is 1. The van der Waals surface area contributed by atoms with E-state index in [-0.39, 0.29) is 52.9 Å². The van der Waals surface area contributed by atoms with Gasteiger partial charge in [-0.25, -0.2) is 9.59 Å². The Hall–Kier alpha value is -4.51.